The summed E-state index contributed by atoms with van der Waals surface area (Å²) < 4.78 is 25.8. The Morgan fingerprint density at radius 3 is 2.35 bits per heavy atom. The van der Waals surface area contributed by atoms with Crippen LogP contribution in [-0.4, -0.2) is 48.1 Å². The smallest absolute Gasteiger partial charge is 0.337 e. The monoisotopic (exact) mass is 321 g/mol. The second-order valence-electron chi connectivity index (χ2n) is 4.89. The first-order chi connectivity index (χ1) is 9.04. The predicted octanol–water partition coefficient (Wildman–Crippen LogP) is 1.43. The molecule has 0 aromatic heterocycles. The molecular formula is C12H16ClNO5S. The summed E-state index contributed by atoms with van der Waals surface area (Å²) in [5.41, 5.74) is -1.16. The highest BCUT2D eigenvalue weighted by atomic mass is 35.5. The number of rotatable bonds is 5. The van der Waals surface area contributed by atoms with Crippen LogP contribution >= 0.6 is 11.6 Å². The minimum atomic E-state index is -3.88. The lowest BCUT2D eigenvalue weighted by Crippen LogP contribution is -2.47. The minimum absolute atomic E-state index is 0.128. The van der Waals surface area contributed by atoms with Crippen LogP contribution in [-0.2, 0) is 10.0 Å². The lowest BCUT2D eigenvalue weighted by atomic mass is 10.1. The first-order valence-corrected chi connectivity index (χ1v) is 7.48. The van der Waals surface area contributed by atoms with Crippen molar-refractivity contribution in [3.8, 4) is 0 Å². The third-order valence-corrected chi connectivity index (χ3v) is 5.45. The van der Waals surface area contributed by atoms with E-state index >= 15 is 0 Å². The quantitative estimate of drug-likeness (QED) is 0.855. The Hall–Kier alpha value is -1.15. The van der Waals surface area contributed by atoms with Gasteiger partial charge in [0.15, 0.2) is 0 Å². The minimum Gasteiger partial charge on any atom is -0.478 e. The lowest BCUT2D eigenvalue weighted by molar-refractivity contribution is 0.0697. The van der Waals surface area contributed by atoms with Crippen molar-refractivity contribution in [1.29, 1.82) is 0 Å². The van der Waals surface area contributed by atoms with Crippen LogP contribution in [0, 0.1) is 0 Å². The maximum Gasteiger partial charge on any atom is 0.337 e. The normalized spacial score (nSPS) is 12.7. The SMILES string of the molecule is CN(C(C)(C)CO)S(=O)(=O)c1ccc(C(=O)O)c(Cl)c1. The fraction of sp³-hybridized carbons (Fsp3) is 0.417. The maximum absolute atomic E-state index is 12.4. The Balaban J connectivity index is 3.31. The average molecular weight is 322 g/mol. The van der Waals surface area contributed by atoms with Crippen LogP contribution in [0.4, 0.5) is 0 Å². The van der Waals surface area contributed by atoms with Crippen molar-refractivity contribution in [2.24, 2.45) is 0 Å². The molecule has 2 N–H and O–H groups in total. The molecule has 0 spiro atoms. The first-order valence-electron chi connectivity index (χ1n) is 5.67. The number of sulfonamides is 1. The van der Waals surface area contributed by atoms with Gasteiger partial charge < -0.3 is 10.2 Å². The van der Waals surface area contributed by atoms with E-state index in [0.717, 1.165) is 16.4 Å². The van der Waals surface area contributed by atoms with Gasteiger partial charge in [0.25, 0.3) is 0 Å². The van der Waals surface area contributed by atoms with Crippen LogP contribution in [0.2, 0.25) is 5.02 Å². The summed E-state index contributed by atoms with van der Waals surface area (Å²) in [6.07, 6.45) is 0. The van der Waals surface area contributed by atoms with E-state index in [4.69, 9.17) is 16.7 Å². The van der Waals surface area contributed by atoms with Gasteiger partial charge in [0.05, 0.1) is 27.6 Å². The molecule has 0 unspecified atom stereocenters. The van der Waals surface area contributed by atoms with Crippen LogP contribution < -0.4 is 0 Å². The molecule has 0 atom stereocenters. The Bertz CT molecular complexity index is 627. The van der Waals surface area contributed by atoms with E-state index in [-0.39, 0.29) is 22.1 Å². The Morgan fingerprint density at radius 2 is 1.95 bits per heavy atom. The predicted molar refractivity (Wildman–Crippen MR) is 74.5 cm³/mol. The van der Waals surface area contributed by atoms with Gasteiger partial charge in [-0.25, -0.2) is 13.2 Å². The molecule has 0 aliphatic heterocycles. The largest absolute Gasteiger partial charge is 0.478 e. The van der Waals surface area contributed by atoms with Crippen molar-refractivity contribution in [1.82, 2.24) is 4.31 Å². The molecule has 0 aliphatic rings. The summed E-state index contributed by atoms with van der Waals surface area (Å²) in [7, 11) is -2.54. The summed E-state index contributed by atoms with van der Waals surface area (Å²) in [6, 6.07) is 3.40. The maximum atomic E-state index is 12.4. The van der Waals surface area contributed by atoms with E-state index in [1.165, 1.54) is 13.1 Å². The zero-order chi connectivity index (χ0) is 15.7. The van der Waals surface area contributed by atoms with Gasteiger partial charge in [-0.15, -0.1) is 0 Å². The van der Waals surface area contributed by atoms with Crippen molar-refractivity contribution < 1.29 is 23.4 Å². The van der Waals surface area contributed by atoms with Crippen LogP contribution in [0.25, 0.3) is 0 Å². The van der Waals surface area contributed by atoms with Crippen LogP contribution in [0.5, 0.6) is 0 Å². The third-order valence-electron chi connectivity index (χ3n) is 3.07. The van der Waals surface area contributed by atoms with Crippen molar-refractivity contribution >= 4 is 27.6 Å². The Labute approximate surface area is 122 Å². The molecule has 0 aliphatic carbocycles. The number of hydrogen-bond acceptors (Lipinski definition) is 4. The van der Waals surface area contributed by atoms with E-state index in [9.17, 15) is 18.3 Å². The summed E-state index contributed by atoms with van der Waals surface area (Å²) in [5, 5.41) is 17.9. The fourth-order valence-corrected chi connectivity index (χ4v) is 3.27. The van der Waals surface area contributed by atoms with Gasteiger partial charge in [0.2, 0.25) is 10.0 Å². The number of aliphatic hydroxyl groups excluding tert-OH is 1. The van der Waals surface area contributed by atoms with Gasteiger partial charge in [-0.1, -0.05) is 11.6 Å². The number of nitrogens with zero attached hydrogens (tertiary/aromatic N) is 1. The van der Waals surface area contributed by atoms with Gasteiger partial charge in [-0.2, -0.15) is 4.31 Å². The van der Waals surface area contributed by atoms with Crippen LogP contribution in [0.1, 0.15) is 24.2 Å². The van der Waals surface area contributed by atoms with E-state index in [2.05, 4.69) is 0 Å². The highest BCUT2D eigenvalue weighted by Gasteiger charge is 2.33. The van der Waals surface area contributed by atoms with Crippen molar-refractivity contribution in [3.63, 3.8) is 0 Å². The number of aromatic carboxylic acids is 1. The van der Waals surface area contributed by atoms with Crippen molar-refractivity contribution in [2.45, 2.75) is 24.3 Å². The van der Waals surface area contributed by atoms with Crippen molar-refractivity contribution in [3.05, 3.63) is 28.8 Å². The second-order valence-corrected chi connectivity index (χ2v) is 7.27. The fourth-order valence-electron chi connectivity index (χ4n) is 1.41. The van der Waals surface area contributed by atoms with E-state index in [1.807, 2.05) is 0 Å². The highest BCUT2D eigenvalue weighted by Crippen LogP contribution is 2.26. The second kappa shape index (κ2) is 5.69. The highest BCUT2D eigenvalue weighted by molar-refractivity contribution is 7.89. The van der Waals surface area contributed by atoms with Crippen molar-refractivity contribution in [2.75, 3.05) is 13.7 Å². The van der Waals surface area contributed by atoms with Gasteiger partial charge >= 0.3 is 5.97 Å². The molecule has 1 aromatic carbocycles. The summed E-state index contributed by atoms with van der Waals surface area (Å²) in [6.45, 7) is 2.78. The molecule has 0 heterocycles. The number of carboxylic acid groups (broad SMARTS) is 1. The van der Waals surface area contributed by atoms with Gasteiger partial charge in [0.1, 0.15) is 0 Å². The number of benzene rings is 1. The zero-order valence-corrected chi connectivity index (χ0v) is 12.9. The molecule has 1 aromatic rings. The van der Waals surface area contributed by atoms with E-state index in [1.54, 1.807) is 13.8 Å². The average Bonchev–Trinajstić information content (AvgIpc) is 2.37. The standard InChI is InChI=1S/C12H16ClNO5S/c1-12(2,7-15)14(3)20(18,19)8-4-5-9(11(16)17)10(13)6-8/h4-6,15H,7H2,1-3H3,(H,16,17). The lowest BCUT2D eigenvalue weighted by Gasteiger charge is -2.32. The van der Waals surface area contributed by atoms with Gasteiger partial charge in [-0.3, -0.25) is 0 Å². The number of carboxylic acids is 1. The molecule has 0 saturated heterocycles. The molecule has 1 rings (SSSR count). The van der Waals surface area contributed by atoms with E-state index in [0.29, 0.717) is 0 Å². The molecule has 0 radical (unpaired) electrons. The number of carbonyl (C=O) groups is 1. The molecule has 0 saturated carbocycles. The van der Waals surface area contributed by atoms with Gasteiger partial charge in [0, 0.05) is 7.05 Å². The van der Waals surface area contributed by atoms with Crippen LogP contribution in [0.3, 0.4) is 0 Å². The summed E-state index contributed by atoms with van der Waals surface area (Å²) in [4.78, 5) is 10.7. The molecule has 0 fully saturated rings. The zero-order valence-electron chi connectivity index (χ0n) is 11.3. The molecule has 112 valence electrons. The third kappa shape index (κ3) is 3.12. The Kier molecular flexibility index (Phi) is 4.81. The molecule has 20 heavy (non-hydrogen) atoms. The summed E-state index contributed by atoms with van der Waals surface area (Å²) >= 11 is 5.77. The molecule has 8 heteroatoms. The number of aliphatic hydroxyl groups is 1. The van der Waals surface area contributed by atoms with Crippen LogP contribution in [0.15, 0.2) is 23.1 Å². The van der Waals surface area contributed by atoms with E-state index < -0.39 is 21.5 Å². The number of likely N-dealkylation sites (N-methyl/N-ethyl adjacent to an activating group) is 1. The molecule has 0 amide bonds. The van der Waals surface area contributed by atoms with Gasteiger partial charge in [-0.05, 0) is 32.0 Å². The molecule has 6 nitrogen and oxygen atoms in total. The number of halogens is 1. The Morgan fingerprint density at radius 1 is 1.40 bits per heavy atom. The summed E-state index contributed by atoms with van der Waals surface area (Å²) in [5.74, 6) is -1.23. The number of hydrogen-bond donors (Lipinski definition) is 2. The first kappa shape index (κ1) is 16.9. The molecular weight excluding hydrogens is 306 g/mol. The molecule has 0 bridgehead atoms. The topological polar surface area (TPSA) is 94.9 Å².